The highest BCUT2D eigenvalue weighted by molar-refractivity contribution is 6.74. The second-order valence-corrected chi connectivity index (χ2v) is 21.1. The SMILES string of the molecule is COC(=O)c1ccc(-c2ccc(CCN(C[C@H](O[Si](C)(C)C(C)(C)C)c3cccc(Cl)c3)C(=O)OC(C)(C)C)cc2)cc1OC1CCCCC1. The number of methoxy groups -OCH3 is 1. The molecule has 7 nitrogen and oxygen atoms in total. The summed E-state index contributed by atoms with van der Waals surface area (Å²) in [5, 5.41) is 0.605. The number of rotatable bonds is 12. The Morgan fingerprint density at radius 2 is 1.56 bits per heavy atom. The van der Waals surface area contributed by atoms with Crippen molar-refractivity contribution in [1.29, 1.82) is 0 Å². The van der Waals surface area contributed by atoms with E-state index in [4.69, 9.17) is 30.2 Å². The second-order valence-electron chi connectivity index (χ2n) is 15.9. The molecule has 1 aliphatic carbocycles. The van der Waals surface area contributed by atoms with Crippen molar-refractivity contribution in [1.82, 2.24) is 4.90 Å². The number of ether oxygens (including phenoxy) is 3. The van der Waals surface area contributed by atoms with Gasteiger partial charge in [0.2, 0.25) is 0 Å². The van der Waals surface area contributed by atoms with Crippen molar-refractivity contribution in [3.63, 3.8) is 0 Å². The molecule has 0 radical (unpaired) electrons. The molecule has 1 amide bonds. The van der Waals surface area contributed by atoms with Crippen LogP contribution in [-0.2, 0) is 20.3 Å². The molecule has 0 bridgehead atoms. The van der Waals surface area contributed by atoms with Gasteiger partial charge >= 0.3 is 12.1 Å². The summed E-state index contributed by atoms with van der Waals surface area (Å²) in [7, 11) is -0.837. The maximum Gasteiger partial charge on any atom is 0.410 e. The maximum absolute atomic E-state index is 13.7. The normalized spacial score (nSPS) is 14.9. The smallest absolute Gasteiger partial charge is 0.410 e. The summed E-state index contributed by atoms with van der Waals surface area (Å²) < 4.78 is 24.3. The Hall–Kier alpha value is -3.33. The number of nitrogens with zero attached hydrogens (tertiary/aromatic N) is 1. The molecule has 50 heavy (non-hydrogen) atoms. The van der Waals surface area contributed by atoms with E-state index in [0.29, 0.717) is 35.8 Å². The number of benzene rings is 3. The van der Waals surface area contributed by atoms with Gasteiger partial charge in [-0.2, -0.15) is 0 Å². The average molecular weight is 722 g/mol. The Morgan fingerprint density at radius 3 is 2.16 bits per heavy atom. The van der Waals surface area contributed by atoms with Crippen molar-refractivity contribution in [2.45, 2.75) is 116 Å². The Morgan fingerprint density at radius 1 is 0.900 bits per heavy atom. The lowest BCUT2D eigenvalue weighted by molar-refractivity contribution is 0.0158. The lowest BCUT2D eigenvalue weighted by Gasteiger charge is -2.41. The van der Waals surface area contributed by atoms with Crippen LogP contribution in [0.2, 0.25) is 23.2 Å². The lowest BCUT2D eigenvalue weighted by atomic mass is 9.97. The molecule has 0 saturated heterocycles. The zero-order valence-electron chi connectivity index (χ0n) is 31.4. The van der Waals surface area contributed by atoms with E-state index < -0.39 is 19.9 Å². The second kappa shape index (κ2) is 16.8. The van der Waals surface area contributed by atoms with Crippen LogP contribution in [0.5, 0.6) is 5.75 Å². The molecular weight excluding hydrogens is 666 g/mol. The van der Waals surface area contributed by atoms with Gasteiger partial charge in [-0.15, -0.1) is 0 Å². The van der Waals surface area contributed by atoms with Crippen molar-refractivity contribution < 1.29 is 28.2 Å². The first-order valence-corrected chi connectivity index (χ1v) is 21.1. The van der Waals surface area contributed by atoms with Gasteiger partial charge in [0.15, 0.2) is 8.32 Å². The summed E-state index contributed by atoms with van der Waals surface area (Å²) >= 11 is 6.44. The Kier molecular flexibility index (Phi) is 13.2. The van der Waals surface area contributed by atoms with E-state index in [1.165, 1.54) is 13.5 Å². The van der Waals surface area contributed by atoms with Crippen LogP contribution >= 0.6 is 11.6 Å². The number of hydrogen-bond acceptors (Lipinski definition) is 6. The van der Waals surface area contributed by atoms with Crippen LogP contribution in [0.25, 0.3) is 11.1 Å². The van der Waals surface area contributed by atoms with E-state index in [-0.39, 0.29) is 23.3 Å². The molecular formula is C41H56ClNO6Si. The first-order valence-electron chi connectivity index (χ1n) is 17.9. The van der Waals surface area contributed by atoms with Crippen molar-refractivity contribution in [2.75, 3.05) is 20.2 Å². The van der Waals surface area contributed by atoms with E-state index in [2.05, 4.69) is 58.1 Å². The number of esters is 1. The molecule has 0 aliphatic heterocycles. The molecule has 0 heterocycles. The number of carbonyl (C=O) groups excluding carboxylic acids is 2. The van der Waals surface area contributed by atoms with Crippen molar-refractivity contribution in [3.05, 3.63) is 88.4 Å². The summed E-state index contributed by atoms with van der Waals surface area (Å²) in [5.41, 5.74) is 3.77. The van der Waals surface area contributed by atoms with Gasteiger partial charge in [-0.25, -0.2) is 9.59 Å². The minimum absolute atomic E-state index is 0.0231. The van der Waals surface area contributed by atoms with Crippen molar-refractivity contribution >= 4 is 32.0 Å². The van der Waals surface area contributed by atoms with Gasteiger partial charge in [0.1, 0.15) is 16.9 Å². The van der Waals surface area contributed by atoms with E-state index in [1.54, 1.807) is 11.0 Å². The summed E-state index contributed by atoms with van der Waals surface area (Å²) in [6.07, 6.45) is 5.44. The first-order chi connectivity index (χ1) is 23.5. The number of carbonyl (C=O) groups is 2. The van der Waals surface area contributed by atoms with Crippen LogP contribution in [0.1, 0.15) is 101 Å². The third kappa shape index (κ3) is 11.1. The summed E-state index contributed by atoms with van der Waals surface area (Å²) in [4.78, 5) is 28.0. The van der Waals surface area contributed by atoms with E-state index >= 15 is 0 Å². The Bertz CT molecular complexity index is 1590. The quantitative estimate of drug-likeness (QED) is 0.137. The predicted molar refractivity (Wildman–Crippen MR) is 205 cm³/mol. The molecule has 4 rings (SSSR count). The highest BCUT2D eigenvalue weighted by Crippen LogP contribution is 2.40. The van der Waals surface area contributed by atoms with Gasteiger partial charge in [0, 0.05) is 11.6 Å². The van der Waals surface area contributed by atoms with E-state index in [9.17, 15) is 9.59 Å². The zero-order chi connectivity index (χ0) is 36.7. The summed E-state index contributed by atoms with van der Waals surface area (Å²) in [5.74, 6) is 0.159. The summed E-state index contributed by atoms with van der Waals surface area (Å²) in [6.45, 7) is 17.5. The molecule has 3 aromatic carbocycles. The topological polar surface area (TPSA) is 74.3 Å². The Labute approximate surface area is 305 Å². The highest BCUT2D eigenvalue weighted by atomic mass is 35.5. The van der Waals surface area contributed by atoms with Crippen LogP contribution in [0.3, 0.4) is 0 Å². The molecule has 9 heteroatoms. The number of halogens is 1. The predicted octanol–water partition coefficient (Wildman–Crippen LogP) is 11.0. The van der Waals surface area contributed by atoms with Crippen LogP contribution in [-0.4, -0.2) is 57.2 Å². The minimum Gasteiger partial charge on any atom is -0.490 e. The van der Waals surface area contributed by atoms with Crippen LogP contribution < -0.4 is 4.74 Å². The van der Waals surface area contributed by atoms with Gasteiger partial charge in [0.05, 0.1) is 25.9 Å². The molecule has 0 unspecified atom stereocenters. The van der Waals surface area contributed by atoms with Gasteiger partial charge in [-0.1, -0.05) is 81.3 Å². The minimum atomic E-state index is -2.23. The maximum atomic E-state index is 13.7. The number of amides is 1. The molecule has 3 aromatic rings. The van der Waals surface area contributed by atoms with Gasteiger partial charge in [-0.3, -0.25) is 0 Å². The monoisotopic (exact) mass is 721 g/mol. The molecule has 0 aromatic heterocycles. The fraction of sp³-hybridized carbons (Fsp3) is 0.512. The van der Waals surface area contributed by atoms with E-state index in [0.717, 1.165) is 47.9 Å². The summed E-state index contributed by atoms with van der Waals surface area (Å²) in [6, 6.07) is 21.7. The fourth-order valence-corrected chi connectivity index (χ4v) is 7.28. The largest absolute Gasteiger partial charge is 0.490 e. The molecule has 0 N–H and O–H groups in total. The van der Waals surface area contributed by atoms with Gasteiger partial charge < -0.3 is 23.5 Å². The third-order valence-corrected chi connectivity index (χ3v) is 14.4. The molecule has 272 valence electrons. The van der Waals surface area contributed by atoms with Crippen molar-refractivity contribution in [2.24, 2.45) is 0 Å². The first kappa shape index (κ1) is 39.5. The van der Waals surface area contributed by atoms with Crippen molar-refractivity contribution in [3.8, 4) is 16.9 Å². The standard InChI is InChI=1S/C41H56ClNO6Si/c1-40(2,3)48-39(45)43(28-37(32-14-13-15-33(42)26-32)49-50(8,9)41(4,5)6)25-24-29-18-20-30(21-19-29)31-22-23-35(38(44)46-7)36(27-31)47-34-16-11-10-12-17-34/h13-15,18-23,26-27,34,37H,10-12,16-17,24-25,28H2,1-9H3/t37-/m0/s1. The lowest BCUT2D eigenvalue weighted by Crippen LogP contribution is -2.46. The Balaban J connectivity index is 1.56. The van der Waals surface area contributed by atoms with E-state index in [1.807, 2.05) is 57.2 Å². The van der Waals surface area contributed by atoms with Crippen LogP contribution in [0, 0.1) is 0 Å². The van der Waals surface area contributed by atoms with Gasteiger partial charge in [-0.05, 0) is 118 Å². The zero-order valence-corrected chi connectivity index (χ0v) is 33.2. The van der Waals surface area contributed by atoms with Gasteiger partial charge in [0.25, 0.3) is 0 Å². The molecule has 1 aliphatic rings. The molecule has 0 spiro atoms. The highest BCUT2D eigenvalue weighted by Gasteiger charge is 2.40. The molecule has 1 saturated carbocycles. The fourth-order valence-electron chi connectivity index (χ4n) is 5.80. The third-order valence-electron chi connectivity index (χ3n) is 9.69. The van der Waals surface area contributed by atoms with Crippen LogP contribution in [0.4, 0.5) is 4.79 Å². The van der Waals surface area contributed by atoms with Crippen LogP contribution in [0.15, 0.2) is 66.7 Å². The number of hydrogen-bond donors (Lipinski definition) is 0. The molecule has 1 fully saturated rings. The molecule has 1 atom stereocenters. The average Bonchev–Trinajstić information content (AvgIpc) is 3.05.